The average molecular weight is 363 g/mol. The number of nitrogens with one attached hydrogen (secondary N) is 1. The van der Waals surface area contributed by atoms with Crippen LogP contribution in [0.1, 0.15) is 25.7 Å². The van der Waals surface area contributed by atoms with E-state index in [1.54, 1.807) is 4.90 Å². The Bertz CT molecular complexity index is 672. The molecular formula is C15H20F3N3O2S. The van der Waals surface area contributed by atoms with Gasteiger partial charge < -0.3 is 4.90 Å². The average Bonchev–Trinajstić information content (AvgIpc) is 3.37. The fraction of sp³-hybridized carbons (Fsp3) is 0.667. The van der Waals surface area contributed by atoms with E-state index in [2.05, 4.69) is 9.71 Å². The highest BCUT2D eigenvalue weighted by Gasteiger charge is 2.42. The molecule has 1 atom stereocenters. The molecule has 1 unspecified atom stereocenters. The summed E-state index contributed by atoms with van der Waals surface area (Å²) in [6.07, 6.45) is -0.368. The van der Waals surface area contributed by atoms with Gasteiger partial charge in [0.05, 0.1) is 5.92 Å². The molecule has 0 spiro atoms. The first kappa shape index (κ1) is 17.5. The van der Waals surface area contributed by atoms with E-state index in [1.165, 1.54) is 18.3 Å². The molecule has 2 aliphatic rings. The Hall–Kier alpha value is -1.35. The van der Waals surface area contributed by atoms with Gasteiger partial charge in [-0.1, -0.05) is 0 Å². The molecule has 1 N–H and O–H groups in total. The van der Waals surface area contributed by atoms with Gasteiger partial charge in [-0.05, 0) is 43.7 Å². The molecule has 0 aromatic carbocycles. The highest BCUT2D eigenvalue weighted by Crippen LogP contribution is 2.34. The van der Waals surface area contributed by atoms with E-state index in [-0.39, 0.29) is 17.9 Å². The molecule has 134 valence electrons. The van der Waals surface area contributed by atoms with E-state index in [9.17, 15) is 21.6 Å². The summed E-state index contributed by atoms with van der Waals surface area (Å²) in [6.45, 7) is 0.775. The van der Waals surface area contributed by atoms with Crippen molar-refractivity contribution in [3.63, 3.8) is 0 Å². The summed E-state index contributed by atoms with van der Waals surface area (Å²) in [5, 5.41) is 0. The first-order chi connectivity index (χ1) is 11.3. The number of hydrogen-bond donors (Lipinski definition) is 1. The number of alkyl halides is 3. The van der Waals surface area contributed by atoms with Gasteiger partial charge in [-0.2, -0.15) is 13.2 Å². The molecule has 5 nitrogen and oxygen atoms in total. The molecule has 3 rings (SSSR count). The van der Waals surface area contributed by atoms with E-state index in [4.69, 9.17) is 0 Å². The molecule has 0 amide bonds. The van der Waals surface area contributed by atoms with Crippen molar-refractivity contribution in [3.05, 3.63) is 18.3 Å². The number of nitrogens with zero attached hydrogens (tertiary/aromatic N) is 2. The van der Waals surface area contributed by atoms with Gasteiger partial charge in [0.25, 0.3) is 0 Å². The SMILES string of the molecule is O=S(=O)(NCC1CC1)c1ccc(N2CCCC(C(F)(F)F)C2)nc1. The molecule has 1 aromatic rings. The quantitative estimate of drug-likeness (QED) is 0.873. The standard InChI is InChI=1S/C15H20F3N3O2S/c16-15(17,18)12-2-1-7-21(10-12)14-6-5-13(9-19-14)24(22,23)20-8-11-3-4-11/h5-6,9,11-12,20H,1-4,7-8,10H2. The Balaban J connectivity index is 1.67. The van der Waals surface area contributed by atoms with E-state index < -0.39 is 22.1 Å². The Kier molecular flexibility index (Phi) is 4.74. The van der Waals surface area contributed by atoms with Crippen LogP contribution in [0.4, 0.5) is 19.0 Å². The minimum atomic E-state index is -4.21. The van der Waals surface area contributed by atoms with Gasteiger partial charge in [0.2, 0.25) is 10.0 Å². The number of rotatable bonds is 5. The lowest BCUT2D eigenvalue weighted by atomic mass is 9.97. The molecule has 1 aliphatic heterocycles. The van der Waals surface area contributed by atoms with Gasteiger partial charge in [-0.25, -0.2) is 18.1 Å². The van der Waals surface area contributed by atoms with Crippen molar-refractivity contribution < 1.29 is 21.6 Å². The Labute approximate surface area is 139 Å². The molecular weight excluding hydrogens is 343 g/mol. The molecule has 0 bridgehead atoms. The zero-order chi connectivity index (χ0) is 17.4. The summed E-state index contributed by atoms with van der Waals surface area (Å²) < 4.78 is 65.4. The third-order valence-corrected chi connectivity index (χ3v) is 5.91. The van der Waals surface area contributed by atoms with Crippen LogP contribution in [0.3, 0.4) is 0 Å². The lowest BCUT2D eigenvalue weighted by molar-refractivity contribution is -0.176. The molecule has 1 saturated heterocycles. The van der Waals surface area contributed by atoms with Gasteiger partial charge in [-0.15, -0.1) is 0 Å². The number of hydrogen-bond acceptors (Lipinski definition) is 4. The highest BCUT2D eigenvalue weighted by molar-refractivity contribution is 7.89. The summed E-state index contributed by atoms with van der Waals surface area (Å²) in [4.78, 5) is 5.67. The van der Waals surface area contributed by atoms with Gasteiger partial charge in [0, 0.05) is 25.8 Å². The van der Waals surface area contributed by atoms with Crippen LogP contribution in [0, 0.1) is 11.8 Å². The van der Waals surface area contributed by atoms with Crippen LogP contribution in [0.2, 0.25) is 0 Å². The second kappa shape index (κ2) is 6.51. The first-order valence-corrected chi connectivity index (χ1v) is 9.51. The van der Waals surface area contributed by atoms with Crippen molar-refractivity contribution in [1.82, 2.24) is 9.71 Å². The van der Waals surface area contributed by atoms with Crippen LogP contribution in [-0.4, -0.2) is 39.2 Å². The third-order valence-electron chi connectivity index (χ3n) is 4.50. The Morgan fingerprint density at radius 2 is 2.00 bits per heavy atom. The lowest BCUT2D eigenvalue weighted by Crippen LogP contribution is -2.42. The van der Waals surface area contributed by atoms with Crippen LogP contribution in [0.15, 0.2) is 23.2 Å². The maximum Gasteiger partial charge on any atom is 0.393 e. The third kappa shape index (κ3) is 4.18. The lowest BCUT2D eigenvalue weighted by Gasteiger charge is -2.34. The largest absolute Gasteiger partial charge is 0.393 e. The van der Waals surface area contributed by atoms with Crippen molar-refractivity contribution in [2.24, 2.45) is 11.8 Å². The van der Waals surface area contributed by atoms with Crippen molar-refractivity contribution in [3.8, 4) is 0 Å². The van der Waals surface area contributed by atoms with Crippen molar-refractivity contribution >= 4 is 15.8 Å². The summed E-state index contributed by atoms with van der Waals surface area (Å²) in [7, 11) is -3.61. The number of anilines is 1. The maximum absolute atomic E-state index is 12.9. The first-order valence-electron chi connectivity index (χ1n) is 8.03. The summed E-state index contributed by atoms with van der Waals surface area (Å²) in [6, 6.07) is 2.87. The minimum absolute atomic E-state index is 0.0382. The Morgan fingerprint density at radius 3 is 2.58 bits per heavy atom. The van der Waals surface area contributed by atoms with E-state index >= 15 is 0 Å². The van der Waals surface area contributed by atoms with Crippen molar-refractivity contribution in [1.29, 1.82) is 0 Å². The van der Waals surface area contributed by atoms with Gasteiger partial charge >= 0.3 is 6.18 Å². The van der Waals surface area contributed by atoms with Crippen LogP contribution < -0.4 is 9.62 Å². The van der Waals surface area contributed by atoms with Crippen LogP contribution in [0.5, 0.6) is 0 Å². The monoisotopic (exact) mass is 363 g/mol. The number of pyridine rings is 1. The summed E-state index contributed by atoms with van der Waals surface area (Å²) in [5.74, 6) is -0.568. The number of sulfonamides is 1. The van der Waals surface area contributed by atoms with Gasteiger partial charge in [-0.3, -0.25) is 0 Å². The van der Waals surface area contributed by atoms with E-state index in [0.29, 0.717) is 31.2 Å². The molecule has 24 heavy (non-hydrogen) atoms. The van der Waals surface area contributed by atoms with Crippen molar-refractivity contribution in [2.45, 2.75) is 36.8 Å². The zero-order valence-corrected chi connectivity index (χ0v) is 13.9. The molecule has 1 aromatic heterocycles. The smallest absolute Gasteiger partial charge is 0.356 e. The zero-order valence-electron chi connectivity index (χ0n) is 13.1. The topological polar surface area (TPSA) is 62.3 Å². The summed E-state index contributed by atoms with van der Waals surface area (Å²) in [5.41, 5.74) is 0. The van der Waals surface area contributed by atoms with Crippen molar-refractivity contribution in [2.75, 3.05) is 24.5 Å². The molecule has 9 heteroatoms. The van der Waals surface area contributed by atoms with E-state index in [0.717, 1.165) is 12.8 Å². The molecule has 2 heterocycles. The molecule has 1 aliphatic carbocycles. The number of aromatic nitrogens is 1. The van der Waals surface area contributed by atoms with Gasteiger partial charge in [0.15, 0.2) is 0 Å². The fourth-order valence-electron chi connectivity index (χ4n) is 2.80. The van der Waals surface area contributed by atoms with E-state index in [1.807, 2.05) is 0 Å². The highest BCUT2D eigenvalue weighted by atomic mass is 32.2. The molecule has 1 saturated carbocycles. The van der Waals surface area contributed by atoms with Crippen LogP contribution in [0.25, 0.3) is 0 Å². The second-order valence-corrected chi connectivity index (χ2v) is 8.24. The molecule has 2 fully saturated rings. The summed E-state index contributed by atoms with van der Waals surface area (Å²) >= 11 is 0. The Morgan fingerprint density at radius 1 is 1.25 bits per heavy atom. The fourth-order valence-corrected chi connectivity index (χ4v) is 3.86. The normalized spacial score (nSPS) is 22.6. The van der Waals surface area contributed by atoms with Crippen LogP contribution in [-0.2, 0) is 10.0 Å². The second-order valence-electron chi connectivity index (χ2n) is 6.47. The minimum Gasteiger partial charge on any atom is -0.356 e. The number of halogens is 3. The van der Waals surface area contributed by atoms with Gasteiger partial charge in [0.1, 0.15) is 10.7 Å². The predicted octanol–water partition coefficient (Wildman–Crippen LogP) is 2.55. The molecule has 0 radical (unpaired) electrons. The maximum atomic E-state index is 12.9. The van der Waals surface area contributed by atoms with Crippen LogP contribution >= 0.6 is 0 Å². The number of piperidine rings is 1. The predicted molar refractivity (Wildman–Crippen MR) is 83.1 cm³/mol.